The zero-order valence-corrected chi connectivity index (χ0v) is 10.3. The summed E-state index contributed by atoms with van der Waals surface area (Å²) in [6, 6.07) is 7.18. The lowest BCUT2D eigenvalue weighted by molar-refractivity contribution is -0.138. The van der Waals surface area contributed by atoms with Crippen molar-refractivity contribution in [2.45, 2.75) is 18.2 Å². The third-order valence-corrected chi connectivity index (χ3v) is 4.09. The van der Waals surface area contributed by atoms with Gasteiger partial charge in [-0.05, 0) is 18.1 Å². The average Bonchev–Trinajstić information content (AvgIpc) is 2.61. The predicted molar refractivity (Wildman–Crippen MR) is 68.7 cm³/mol. The Hall–Kier alpha value is -1.07. The van der Waals surface area contributed by atoms with Crippen LogP contribution in [0.15, 0.2) is 24.3 Å². The first kappa shape index (κ1) is 11.4. The number of hydrogen-bond donors (Lipinski definition) is 2. The molecule has 16 heavy (non-hydrogen) atoms. The van der Waals surface area contributed by atoms with Crippen LogP contribution >= 0.6 is 24.0 Å². The van der Waals surface area contributed by atoms with Gasteiger partial charge < -0.3 is 10.4 Å². The molecule has 0 amide bonds. The SMILES string of the molecule is Cc1ccccc1C1SC(=S)NC1C(=O)O. The number of rotatable bonds is 2. The Morgan fingerprint density at radius 1 is 1.50 bits per heavy atom. The van der Waals surface area contributed by atoms with Gasteiger partial charge in [-0.2, -0.15) is 0 Å². The standard InChI is InChI=1S/C11H11NO2S2/c1-6-4-2-3-5-7(6)9-8(10(13)14)12-11(15)16-9/h2-5,8-9H,1H3,(H,12,15)(H,13,14). The molecule has 0 radical (unpaired) electrons. The van der Waals surface area contributed by atoms with Crippen LogP contribution in [0.4, 0.5) is 0 Å². The molecule has 2 rings (SSSR count). The summed E-state index contributed by atoms with van der Waals surface area (Å²) < 4.78 is 0.556. The number of carboxylic acid groups (broad SMARTS) is 1. The molecule has 5 heteroatoms. The predicted octanol–water partition coefficient (Wildman–Crippen LogP) is 2.11. The van der Waals surface area contributed by atoms with Gasteiger partial charge in [0.2, 0.25) is 0 Å². The highest BCUT2D eigenvalue weighted by molar-refractivity contribution is 8.23. The van der Waals surface area contributed by atoms with Crippen LogP contribution in [0.2, 0.25) is 0 Å². The van der Waals surface area contributed by atoms with Crippen molar-refractivity contribution in [1.29, 1.82) is 0 Å². The van der Waals surface area contributed by atoms with Crippen LogP contribution in [0.25, 0.3) is 0 Å². The van der Waals surface area contributed by atoms with E-state index in [-0.39, 0.29) is 5.25 Å². The summed E-state index contributed by atoms with van der Waals surface area (Å²) >= 11 is 6.43. The van der Waals surface area contributed by atoms with E-state index in [1.165, 1.54) is 11.8 Å². The zero-order chi connectivity index (χ0) is 11.7. The lowest BCUT2D eigenvalue weighted by Crippen LogP contribution is -2.35. The van der Waals surface area contributed by atoms with Crippen LogP contribution < -0.4 is 5.32 Å². The molecule has 0 spiro atoms. The summed E-state index contributed by atoms with van der Waals surface area (Å²) in [6.07, 6.45) is 0. The van der Waals surface area contributed by atoms with E-state index in [4.69, 9.17) is 17.3 Å². The molecular formula is C11H11NO2S2. The molecule has 1 saturated heterocycles. The lowest BCUT2D eigenvalue weighted by Gasteiger charge is -2.16. The Morgan fingerprint density at radius 2 is 2.19 bits per heavy atom. The second kappa shape index (κ2) is 4.43. The van der Waals surface area contributed by atoms with Gasteiger partial charge in [0, 0.05) is 0 Å². The average molecular weight is 253 g/mol. The van der Waals surface area contributed by atoms with Gasteiger partial charge >= 0.3 is 5.97 Å². The normalized spacial score (nSPS) is 24.2. The maximum atomic E-state index is 11.1. The van der Waals surface area contributed by atoms with Crippen LogP contribution in [-0.4, -0.2) is 21.4 Å². The molecule has 2 atom stereocenters. The number of benzene rings is 1. The molecule has 0 bridgehead atoms. The van der Waals surface area contributed by atoms with Crippen molar-refractivity contribution in [3.05, 3.63) is 35.4 Å². The highest BCUT2D eigenvalue weighted by Crippen LogP contribution is 2.39. The van der Waals surface area contributed by atoms with Gasteiger partial charge in [-0.25, -0.2) is 4.79 Å². The number of hydrogen-bond acceptors (Lipinski definition) is 3. The van der Waals surface area contributed by atoms with Gasteiger partial charge in [0.15, 0.2) is 0 Å². The number of carbonyl (C=O) groups is 1. The topological polar surface area (TPSA) is 49.3 Å². The molecule has 1 aliphatic rings. The largest absolute Gasteiger partial charge is 0.480 e. The Labute approximate surface area is 103 Å². The summed E-state index contributed by atoms with van der Waals surface area (Å²) in [5.74, 6) is -0.861. The minimum absolute atomic E-state index is 0.133. The summed E-state index contributed by atoms with van der Waals surface area (Å²) in [5, 5.41) is 11.8. The van der Waals surface area contributed by atoms with Crippen molar-refractivity contribution >= 4 is 34.3 Å². The second-order valence-corrected chi connectivity index (χ2v) is 5.46. The van der Waals surface area contributed by atoms with Gasteiger partial charge in [-0.15, -0.1) is 0 Å². The number of nitrogens with one attached hydrogen (secondary N) is 1. The van der Waals surface area contributed by atoms with Gasteiger partial charge in [-0.1, -0.05) is 48.2 Å². The molecule has 2 N–H and O–H groups in total. The van der Waals surface area contributed by atoms with Gasteiger partial charge in [0.05, 0.1) is 5.25 Å². The van der Waals surface area contributed by atoms with Crippen LogP contribution in [0.1, 0.15) is 16.4 Å². The van der Waals surface area contributed by atoms with E-state index in [2.05, 4.69) is 5.32 Å². The summed E-state index contributed by atoms with van der Waals surface area (Å²) in [6.45, 7) is 1.98. The molecule has 0 saturated carbocycles. The van der Waals surface area contributed by atoms with Crippen LogP contribution in [0, 0.1) is 6.92 Å². The van der Waals surface area contributed by atoms with Crippen LogP contribution in [0.5, 0.6) is 0 Å². The smallest absolute Gasteiger partial charge is 0.327 e. The highest BCUT2D eigenvalue weighted by Gasteiger charge is 2.37. The zero-order valence-electron chi connectivity index (χ0n) is 8.64. The van der Waals surface area contributed by atoms with E-state index in [1.54, 1.807) is 0 Å². The minimum atomic E-state index is -0.861. The first-order valence-corrected chi connectivity index (χ1v) is 6.14. The van der Waals surface area contributed by atoms with E-state index in [0.717, 1.165) is 11.1 Å². The Morgan fingerprint density at radius 3 is 2.81 bits per heavy atom. The van der Waals surface area contributed by atoms with Crippen LogP contribution in [0.3, 0.4) is 0 Å². The first-order valence-electron chi connectivity index (χ1n) is 4.85. The summed E-state index contributed by atoms with van der Waals surface area (Å²) in [4.78, 5) is 11.1. The molecule has 0 aliphatic carbocycles. The van der Waals surface area contributed by atoms with E-state index in [0.29, 0.717) is 4.32 Å². The van der Waals surface area contributed by atoms with Crippen molar-refractivity contribution in [3.8, 4) is 0 Å². The monoisotopic (exact) mass is 253 g/mol. The molecule has 1 aromatic rings. The molecule has 84 valence electrons. The van der Waals surface area contributed by atoms with Crippen molar-refractivity contribution in [2.75, 3.05) is 0 Å². The molecular weight excluding hydrogens is 242 g/mol. The Kier molecular flexibility index (Phi) is 3.16. The van der Waals surface area contributed by atoms with E-state index in [9.17, 15) is 4.79 Å². The van der Waals surface area contributed by atoms with Crippen molar-refractivity contribution in [2.24, 2.45) is 0 Å². The number of thioether (sulfide) groups is 1. The molecule has 3 nitrogen and oxygen atoms in total. The second-order valence-electron chi connectivity index (χ2n) is 3.64. The highest BCUT2D eigenvalue weighted by atomic mass is 32.2. The Bertz CT molecular complexity index is 447. The summed E-state index contributed by atoms with van der Waals surface area (Å²) in [7, 11) is 0. The number of thiocarbonyl (C=S) groups is 1. The number of aryl methyl sites for hydroxylation is 1. The minimum Gasteiger partial charge on any atom is -0.480 e. The van der Waals surface area contributed by atoms with Crippen molar-refractivity contribution in [1.82, 2.24) is 5.32 Å². The van der Waals surface area contributed by atoms with Crippen LogP contribution in [-0.2, 0) is 4.79 Å². The number of carboxylic acids is 1. The van der Waals surface area contributed by atoms with Crippen molar-refractivity contribution in [3.63, 3.8) is 0 Å². The molecule has 1 heterocycles. The van der Waals surface area contributed by atoms with Crippen molar-refractivity contribution < 1.29 is 9.90 Å². The lowest BCUT2D eigenvalue weighted by atomic mass is 10.0. The molecule has 2 unspecified atom stereocenters. The fraction of sp³-hybridized carbons (Fsp3) is 0.273. The van der Waals surface area contributed by atoms with Gasteiger partial charge in [0.25, 0.3) is 0 Å². The maximum Gasteiger partial charge on any atom is 0.327 e. The summed E-state index contributed by atoms with van der Waals surface area (Å²) in [5.41, 5.74) is 2.13. The molecule has 1 aliphatic heterocycles. The fourth-order valence-electron chi connectivity index (χ4n) is 1.76. The van der Waals surface area contributed by atoms with E-state index >= 15 is 0 Å². The first-order chi connectivity index (χ1) is 7.59. The number of aliphatic carboxylic acids is 1. The Balaban J connectivity index is 2.36. The maximum absolute atomic E-state index is 11.1. The van der Waals surface area contributed by atoms with E-state index < -0.39 is 12.0 Å². The van der Waals surface area contributed by atoms with Gasteiger partial charge in [-0.3, -0.25) is 0 Å². The fourth-order valence-corrected chi connectivity index (χ4v) is 3.34. The molecule has 1 fully saturated rings. The molecule has 0 aromatic heterocycles. The van der Waals surface area contributed by atoms with Gasteiger partial charge in [0.1, 0.15) is 10.4 Å². The van der Waals surface area contributed by atoms with E-state index in [1.807, 2.05) is 31.2 Å². The third kappa shape index (κ3) is 2.05. The molecule has 1 aromatic carbocycles. The quantitative estimate of drug-likeness (QED) is 0.791. The third-order valence-electron chi connectivity index (χ3n) is 2.57.